The van der Waals surface area contributed by atoms with E-state index in [1.807, 2.05) is 0 Å². The Bertz CT molecular complexity index is 261. The van der Waals surface area contributed by atoms with E-state index in [1.54, 1.807) is 12.5 Å². The minimum atomic E-state index is -1.93. The standard InChI is InChI=1S/C8H21NOSSi/c1-8(2,3)12(6,7)9-11(4,5)10/h1-7H3. The molecule has 0 aromatic heterocycles. The van der Waals surface area contributed by atoms with Crippen LogP contribution in [0.25, 0.3) is 0 Å². The maximum absolute atomic E-state index is 11.5. The van der Waals surface area contributed by atoms with Gasteiger partial charge in [-0.3, -0.25) is 8.24 Å². The largest absolute Gasteiger partial charge is 0.278 e. The molecule has 0 heterocycles. The number of hydrogen-bond acceptors (Lipinski definition) is 2. The van der Waals surface area contributed by atoms with Gasteiger partial charge < -0.3 is 0 Å². The molecule has 0 aliphatic carbocycles. The quantitative estimate of drug-likeness (QED) is 0.608. The normalized spacial score (nSPS) is 14.6. The summed E-state index contributed by atoms with van der Waals surface area (Å²) in [5.41, 5.74) is 0. The number of hydrogen-bond donors (Lipinski definition) is 0. The lowest BCUT2D eigenvalue weighted by Crippen LogP contribution is -2.36. The van der Waals surface area contributed by atoms with E-state index in [9.17, 15) is 4.21 Å². The van der Waals surface area contributed by atoms with Crippen molar-refractivity contribution in [2.24, 2.45) is 4.03 Å². The van der Waals surface area contributed by atoms with Crippen molar-refractivity contribution in [3.8, 4) is 0 Å². The summed E-state index contributed by atoms with van der Waals surface area (Å²) in [5.74, 6) is 0. The van der Waals surface area contributed by atoms with Crippen molar-refractivity contribution in [1.29, 1.82) is 0 Å². The smallest absolute Gasteiger partial charge is 0.192 e. The van der Waals surface area contributed by atoms with Gasteiger partial charge in [-0.15, -0.1) is 0 Å². The summed E-state index contributed by atoms with van der Waals surface area (Å²) in [6, 6.07) is 0. The molecule has 0 saturated heterocycles. The molecular formula is C8H21NOSSi. The second kappa shape index (κ2) is 3.14. The first-order valence-corrected chi connectivity index (χ1v) is 9.42. The Hall–Kier alpha value is 0.167. The molecule has 0 spiro atoms. The fraction of sp³-hybridized carbons (Fsp3) is 1.00. The zero-order valence-corrected chi connectivity index (χ0v) is 11.1. The highest BCUT2D eigenvalue weighted by molar-refractivity contribution is 7.93. The van der Waals surface area contributed by atoms with Crippen LogP contribution in [-0.2, 0) is 9.73 Å². The van der Waals surface area contributed by atoms with Crippen molar-refractivity contribution < 1.29 is 4.21 Å². The van der Waals surface area contributed by atoms with Gasteiger partial charge in [0.15, 0.2) is 8.24 Å². The third-order valence-electron chi connectivity index (χ3n) is 2.28. The number of rotatable bonds is 1. The molecule has 0 radical (unpaired) electrons. The molecule has 2 nitrogen and oxygen atoms in total. The highest BCUT2D eigenvalue weighted by Crippen LogP contribution is 2.37. The molecule has 0 aromatic rings. The van der Waals surface area contributed by atoms with Gasteiger partial charge in [0.2, 0.25) is 0 Å². The molecule has 0 unspecified atom stereocenters. The van der Waals surface area contributed by atoms with Gasteiger partial charge in [-0.1, -0.05) is 20.8 Å². The van der Waals surface area contributed by atoms with E-state index >= 15 is 0 Å². The first-order valence-electron chi connectivity index (χ1n) is 4.14. The Morgan fingerprint density at radius 3 is 1.58 bits per heavy atom. The Kier molecular flexibility index (Phi) is 3.19. The Balaban J connectivity index is 5.05. The van der Waals surface area contributed by atoms with E-state index in [4.69, 9.17) is 0 Å². The average Bonchev–Trinajstić information content (AvgIpc) is 1.52. The van der Waals surface area contributed by atoms with E-state index in [2.05, 4.69) is 37.9 Å². The van der Waals surface area contributed by atoms with Crippen molar-refractivity contribution in [1.82, 2.24) is 0 Å². The summed E-state index contributed by atoms with van der Waals surface area (Å²) in [7, 11) is -3.62. The summed E-state index contributed by atoms with van der Waals surface area (Å²) in [4.78, 5) is 0. The second-order valence-corrected chi connectivity index (χ2v) is 12.8. The molecule has 0 rings (SSSR count). The maximum atomic E-state index is 11.5. The predicted molar refractivity (Wildman–Crippen MR) is 59.6 cm³/mol. The van der Waals surface area contributed by atoms with Crippen LogP contribution in [0.5, 0.6) is 0 Å². The summed E-state index contributed by atoms with van der Waals surface area (Å²) in [5, 5.41) is 0.196. The Labute approximate surface area is 78.0 Å². The molecule has 0 amide bonds. The lowest BCUT2D eigenvalue weighted by molar-refractivity contribution is 0.682. The fourth-order valence-electron chi connectivity index (χ4n) is 0.687. The van der Waals surface area contributed by atoms with E-state index in [0.29, 0.717) is 0 Å². The highest BCUT2D eigenvalue weighted by Gasteiger charge is 2.36. The molecule has 0 bridgehead atoms. The van der Waals surface area contributed by atoms with Crippen LogP contribution in [-0.4, -0.2) is 25.0 Å². The van der Waals surface area contributed by atoms with Crippen molar-refractivity contribution in [3.63, 3.8) is 0 Å². The Morgan fingerprint density at radius 1 is 1.17 bits per heavy atom. The number of nitrogens with zero attached hydrogens (tertiary/aromatic N) is 1. The molecule has 0 atom stereocenters. The molecule has 74 valence electrons. The van der Waals surface area contributed by atoms with Gasteiger partial charge >= 0.3 is 0 Å². The Morgan fingerprint density at radius 2 is 1.50 bits per heavy atom. The first kappa shape index (κ1) is 12.2. The molecule has 0 N–H and O–H groups in total. The van der Waals surface area contributed by atoms with Crippen LogP contribution in [0.2, 0.25) is 18.1 Å². The first-order chi connectivity index (χ1) is 4.96. The van der Waals surface area contributed by atoms with Gasteiger partial charge in [0.05, 0.1) is 0 Å². The zero-order valence-electron chi connectivity index (χ0n) is 9.26. The van der Waals surface area contributed by atoms with Crippen LogP contribution < -0.4 is 0 Å². The highest BCUT2D eigenvalue weighted by atomic mass is 32.2. The van der Waals surface area contributed by atoms with Crippen molar-refractivity contribution in [2.45, 2.75) is 38.9 Å². The van der Waals surface area contributed by atoms with Gasteiger partial charge in [0.1, 0.15) is 0 Å². The molecule has 0 aliphatic rings. The molecular weight excluding hydrogens is 186 g/mol. The lowest BCUT2D eigenvalue weighted by atomic mass is 10.2. The van der Waals surface area contributed by atoms with Crippen molar-refractivity contribution >= 4 is 18.0 Å². The van der Waals surface area contributed by atoms with Gasteiger partial charge in [0.25, 0.3) is 0 Å². The summed E-state index contributed by atoms with van der Waals surface area (Å²) in [6.07, 6.45) is 3.43. The molecule has 0 aromatic carbocycles. The van der Waals surface area contributed by atoms with Gasteiger partial charge in [0, 0.05) is 22.2 Å². The van der Waals surface area contributed by atoms with Crippen LogP contribution in [0.3, 0.4) is 0 Å². The summed E-state index contributed by atoms with van der Waals surface area (Å²) >= 11 is 0. The monoisotopic (exact) mass is 207 g/mol. The van der Waals surface area contributed by atoms with Crippen LogP contribution in [0.1, 0.15) is 20.8 Å². The van der Waals surface area contributed by atoms with Gasteiger partial charge in [-0.2, -0.15) is 0 Å². The van der Waals surface area contributed by atoms with Gasteiger partial charge in [-0.25, -0.2) is 0 Å². The van der Waals surface area contributed by atoms with Crippen molar-refractivity contribution in [2.75, 3.05) is 12.5 Å². The topological polar surface area (TPSA) is 29.4 Å². The van der Waals surface area contributed by atoms with Crippen LogP contribution >= 0.6 is 0 Å². The van der Waals surface area contributed by atoms with E-state index in [-0.39, 0.29) is 5.04 Å². The van der Waals surface area contributed by atoms with E-state index in [1.165, 1.54) is 0 Å². The molecule has 0 saturated carbocycles. The minimum Gasteiger partial charge on any atom is -0.278 e. The third kappa shape index (κ3) is 3.71. The zero-order chi connectivity index (χ0) is 10.2. The molecule has 12 heavy (non-hydrogen) atoms. The van der Waals surface area contributed by atoms with Crippen LogP contribution in [0.4, 0.5) is 0 Å². The molecule has 4 heteroatoms. The van der Waals surface area contributed by atoms with E-state index < -0.39 is 18.0 Å². The van der Waals surface area contributed by atoms with Crippen molar-refractivity contribution in [3.05, 3.63) is 0 Å². The molecule has 0 fully saturated rings. The average molecular weight is 207 g/mol. The molecule has 0 aliphatic heterocycles. The second-order valence-electron chi connectivity index (χ2n) is 5.08. The lowest BCUT2D eigenvalue weighted by Gasteiger charge is -2.32. The maximum Gasteiger partial charge on any atom is 0.192 e. The van der Waals surface area contributed by atoms with Gasteiger partial charge in [-0.05, 0) is 18.1 Å². The summed E-state index contributed by atoms with van der Waals surface area (Å²) in [6.45, 7) is 10.9. The van der Waals surface area contributed by atoms with E-state index in [0.717, 1.165) is 0 Å². The minimum absolute atomic E-state index is 0.196. The predicted octanol–water partition coefficient (Wildman–Crippen LogP) is 2.72. The SMILES string of the molecule is CC(C)(C)[Si](C)(C)N=S(C)(C)=O. The van der Waals surface area contributed by atoms with Crippen LogP contribution in [0.15, 0.2) is 4.03 Å². The third-order valence-corrected chi connectivity index (χ3v) is 9.54. The van der Waals surface area contributed by atoms with Crippen LogP contribution in [0, 0.1) is 0 Å². The summed E-state index contributed by atoms with van der Waals surface area (Å²) < 4.78 is 16.0. The fourth-order valence-corrected chi connectivity index (χ4v) is 6.18.